The zero-order valence-corrected chi connectivity index (χ0v) is 31.1. The van der Waals surface area contributed by atoms with E-state index in [-0.39, 0.29) is 22.7 Å². The van der Waals surface area contributed by atoms with Gasteiger partial charge < -0.3 is 59.4 Å². The lowest BCUT2D eigenvalue weighted by atomic mass is 9.47. The number of ether oxygens (including phenoxy) is 5. The van der Waals surface area contributed by atoms with E-state index < -0.39 is 74.6 Å². The van der Waals surface area contributed by atoms with Crippen LogP contribution in [-0.2, 0) is 23.7 Å². The van der Waals surface area contributed by atoms with Crippen LogP contribution in [0.5, 0.6) is 0 Å². The lowest BCUT2D eigenvalue weighted by molar-refractivity contribution is -0.364. The van der Waals surface area contributed by atoms with Gasteiger partial charge in [0, 0.05) is 12.5 Å². The highest BCUT2D eigenvalue weighted by molar-refractivity contribution is 5.26. The van der Waals surface area contributed by atoms with E-state index in [0.29, 0.717) is 48.0 Å². The summed E-state index contributed by atoms with van der Waals surface area (Å²) < 4.78 is 30.6. The van der Waals surface area contributed by atoms with Crippen LogP contribution in [0.25, 0.3) is 0 Å². The van der Waals surface area contributed by atoms with Crippen LogP contribution in [0.15, 0.2) is 11.6 Å². The Morgan fingerprint density at radius 3 is 2.21 bits per heavy atom. The van der Waals surface area contributed by atoms with Crippen molar-refractivity contribution in [3.05, 3.63) is 11.6 Å². The molecule has 0 unspecified atom stereocenters. The molecule has 1 spiro atoms. The Morgan fingerprint density at radius 2 is 1.52 bits per heavy atom. The minimum atomic E-state index is -1.73. The van der Waals surface area contributed by atoms with Gasteiger partial charge in [-0.3, -0.25) is 5.32 Å². The molecule has 8 N–H and O–H groups in total. The number of aliphatic hydroxyl groups is 7. The van der Waals surface area contributed by atoms with Crippen LogP contribution < -0.4 is 5.32 Å². The highest BCUT2D eigenvalue weighted by Crippen LogP contribution is 2.70. The zero-order chi connectivity index (χ0) is 36.9. The molecule has 0 amide bonds. The van der Waals surface area contributed by atoms with E-state index in [0.717, 1.165) is 38.6 Å². The van der Waals surface area contributed by atoms with Crippen molar-refractivity contribution in [2.45, 2.75) is 165 Å². The van der Waals surface area contributed by atoms with E-state index in [2.05, 4.69) is 39.1 Å². The summed E-state index contributed by atoms with van der Waals surface area (Å²) >= 11 is 0. The normalized spacial score (nSPS) is 57.5. The summed E-state index contributed by atoms with van der Waals surface area (Å²) in [6, 6.07) is 0. The van der Waals surface area contributed by atoms with E-state index in [1.54, 1.807) is 0 Å². The third-order valence-electron chi connectivity index (χ3n) is 15.8. The van der Waals surface area contributed by atoms with Gasteiger partial charge >= 0.3 is 0 Å². The molecule has 8 aliphatic rings. The maximum absolute atomic E-state index is 11.4. The van der Waals surface area contributed by atoms with Crippen LogP contribution in [0.3, 0.4) is 0 Å². The standard InChI is InChI=1S/C39H63NO12/c1-18-7-12-39(40-15-18)19(2)28-25(52-39)14-24-22-6-5-20-13-21(8-10-37(20,3)23(22)9-11-38(24,28)4)48-36-33(47)34(30(44)27(17-42)50-36)51-35-32(46)31(45)29(43)26(16-41)49-35/h5,18-19,21-36,40-47H,6-17H2,1-4H3/t18-,19+,21+,22-,23+,24+,25+,26-,27-,28+,29-,30+,31+,32-,33-,34+,35+,36-,37+,38+,39-/m1/s1. The first-order chi connectivity index (χ1) is 24.7. The minimum Gasteiger partial charge on any atom is -0.394 e. The fourth-order valence-corrected chi connectivity index (χ4v) is 12.8. The van der Waals surface area contributed by atoms with Gasteiger partial charge in [0.25, 0.3) is 0 Å². The molecule has 4 aliphatic carbocycles. The molecule has 4 aliphatic heterocycles. The van der Waals surface area contributed by atoms with Gasteiger partial charge in [-0.1, -0.05) is 39.3 Å². The van der Waals surface area contributed by atoms with Gasteiger partial charge in [-0.05, 0) is 98.2 Å². The number of nitrogens with one attached hydrogen (secondary N) is 1. The molecule has 4 saturated heterocycles. The van der Waals surface area contributed by atoms with E-state index in [9.17, 15) is 35.7 Å². The van der Waals surface area contributed by atoms with Gasteiger partial charge in [0.2, 0.25) is 0 Å². The summed E-state index contributed by atoms with van der Waals surface area (Å²) in [5.41, 5.74) is 1.57. The number of allylic oxidation sites excluding steroid dienone is 1. The summed E-state index contributed by atoms with van der Waals surface area (Å²) in [7, 11) is 0. The van der Waals surface area contributed by atoms with E-state index in [1.807, 2.05) is 0 Å². The number of hydrogen-bond donors (Lipinski definition) is 8. The van der Waals surface area contributed by atoms with Gasteiger partial charge in [-0.15, -0.1) is 0 Å². The first kappa shape index (κ1) is 38.1. The molecule has 13 nitrogen and oxygen atoms in total. The summed E-state index contributed by atoms with van der Waals surface area (Å²) in [5, 5.41) is 76.8. The Morgan fingerprint density at radius 1 is 0.808 bits per heavy atom. The maximum Gasteiger partial charge on any atom is 0.187 e. The molecule has 296 valence electrons. The van der Waals surface area contributed by atoms with Gasteiger partial charge in [-0.2, -0.15) is 0 Å². The lowest BCUT2D eigenvalue weighted by Gasteiger charge is -2.59. The minimum absolute atomic E-state index is 0.0567. The summed E-state index contributed by atoms with van der Waals surface area (Å²) in [6.45, 7) is 9.61. The Hall–Kier alpha value is -0.780. The van der Waals surface area contributed by atoms with Crippen LogP contribution in [0.1, 0.15) is 85.5 Å². The van der Waals surface area contributed by atoms with Gasteiger partial charge in [0.15, 0.2) is 12.6 Å². The number of fused-ring (bicyclic) bond motifs is 7. The molecule has 7 fully saturated rings. The molecule has 4 heterocycles. The topological polar surface area (TPSA) is 200 Å². The quantitative estimate of drug-likeness (QED) is 0.179. The van der Waals surface area contributed by atoms with Gasteiger partial charge in [-0.25, -0.2) is 0 Å². The SMILES string of the molecule is C[C@@H]1CC[C@@]2(NC1)O[C@H]1C[C@H]3[C@@H]4CC=C5C[C@@H](O[C@@H]6O[C@H](CO)[C@H](O)[C@H](O[C@@H]7O[C@H](CO)[C@@H](O)[C@H](O)[C@H]7O)[C@H]6O)CC[C@]5(C)[C@H]4CC[C@]3(C)[C@H]1[C@@H]2C. The van der Waals surface area contributed by atoms with E-state index in [1.165, 1.54) is 24.8 Å². The largest absolute Gasteiger partial charge is 0.394 e. The first-order valence-corrected chi connectivity index (χ1v) is 20.1. The number of rotatable bonds is 6. The molecule has 13 heteroatoms. The fourth-order valence-electron chi connectivity index (χ4n) is 12.8. The van der Waals surface area contributed by atoms with Gasteiger partial charge in [0.05, 0.1) is 25.4 Å². The molecule has 0 aromatic carbocycles. The van der Waals surface area contributed by atoms with Crippen molar-refractivity contribution in [1.29, 1.82) is 0 Å². The average molecular weight is 738 g/mol. The van der Waals surface area contributed by atoms with Crippen molar-refractivity contribution in [3.8, 4) is 0 Å². The molecule has 0 radical (unpaired) electrons. The molecular formula is C39H63NO12. The van der Waals surface area contributed by atoms with Crippen LogP contribution in [0.4, 0.5) is 0 Å². The third-order valence-corrected chi connectivity index (χ3v) is 15.8. The second-order valence-electron chi connectivity index (χ2n) is 18.4. The fraction of sp³-hybridized carbons (Fsp3) is 0.949. The molecule has 21 atom stereocenters. The molecule has 8 rings (SSSR count). The second kappa shape index (κ2) is 14.0. The molecule has 0 aromatic rings. The lowest BCUT2D eigenvalue weighted by Crippen LogP contribution is -2.65. The summed E-state index contributed by atoms with van der Waals surface area (Å²) in [4.78, 5) is 0. The monoisotopic (exact) mass is 737 g/mol. The number of piperidine rings is 1. The molecule has 52 heavy (non-hydrogen) atoms. The first-order valence-electron chi connectivity index (χ1n) is 20.1. The van der Waals surface area contributed by atoms with Crippen molar-refractivity contribution < 1.29 is 59.4 Å². The third kappa shape index (κ3) is 5.90. The highest BCUT2D eigenvalue weighted by Gasteiger charge is 2.68. The molecule has 0 bridgehead atoms. The van der Waals surface area contributed by atoms with E-state index in [4.69, 9.17) is 23.7 Å². The zero-order valence-electron chi connectivity index (χ0n) is 31.1. The van der Waals surface area contributed by atoms with Crippen LogP contribution in [0.2, 0.25) is 0 Å². The second-order valence-corrected chi connectivity index (χ2v) is 18.4. The summed E-state index contributed by atoms with van der Waals surface area (Å²) in [5.74, 6) is 3.63. The Bertz CT molecular complexity index is 1330. The van der Waals surface area contributed by atoms with Crippen molar-refractivity contribution in [3.63, 3.8) is 0 Å². The van der Waals surface area contributed by atoms with Crippen molar-refractivity contribution in [1.82, 2.24) is 5.32 Å². The number of aliphatic hydroxyl groups excluding tert-OH is 7. The van der Waals surface area contributed by atoms with Crippen molar-refractivity contribution >= 4 is 0 Å². The van der Waals surface area contributed by atoms with Crippen LogP contribution in [0, 0.1) is 46.3 Å². The predicted octanol–water partition coefficient (Wildman–Crippen LogP) is 0.935. The maximum atomic E-state index is 11.4. The van der Waals surface area contributed by atoms with Crippen LogP contribution in [-0.4, -0.2) is 135 Å². The molecular weight excluding hydrogens is 674 g/mol. The van der Waals surface area contributed by atoms with Crippen molar-refractivity contribution in [2.24, 2.45) is 46.3 Å². The smallest absolute Gasteiger partial charge is 0.187 e. The molecule has 0 aromatic heterocycles. The average Bonchev–Trinajstić information content (AvgIpc) is 3.58. The summed E-state index contributed by atoms with van der Waals surface area (Å²) in [6.07, 6.45) is -2.81. The van der Waals surface area contributed by atoms with Gasteiger partial charge in [0.1, 0.15) is 54.6 Å². The van der Waals surface area contributed by atoms with Crippen molar-refractivity contribution in [2.75, 3.05) is 19.8 Å². The predicted molar refractivity (Wildman–Crippen MR) is 185 cm³/mol. The van der Waals surface area contributed by atoms with E-state index >= 15 is 0 Å². The Labute approximate surface area is 307 Å². The Balaban J connectivity index is 0.938. The molecule has 3 saturated carbocycles. The number of hydrogen-bond acceptors (Lipinski definition) is 13. The van der Waals surface area contributed by atoms with Crippen LogP contribution >= 0.6 is 0 Å². The Kier molecular flexibility index (Phi) is 10.3. The highest BCUT2D eigenvalue weighted by atomic mass is 16.7.